The molecule has 4 rings (SSSR count). The number of aromatic nitrogens is 2. The lowest BCUT2D eigenvalue weighted by molar-refractivity contribution is 0.421. The molecule has 0 fully saturated rings. The summed E-state index contributed by atoms with van der Waals surface area (Å²) in [6.45, 7) is 3.72. The summed E-state index contributed by atoms with van der Waals surface area (Å²) in [7, 11) is 0. The standard InChI is InChI=1S/C29H36N3OS/c1-2-3-4-5-6-7-8-9-10-15-28-31-29(33-32-28)24-18-16-23(17-19-24)20-30-21-25-22-34-27-14-12-11-13-26(25)27/h11-14,16-19,22H,2-10,15,20-21H2,1H3. The second kappa shape index (κ2) is 13.4. The highest BCUT2D eigenvalue weighted by atomic mass is 32.1. The van der Waals surface area contributed by atoms with E-state index in [1.165, 1.54) is 72.6 Å². The van der Waals surface area contributed by atoms with Crippen LogP contribution in [-0.2, 0) is 19.5 Å². The fourth-order valence-corrected chi connectivity index (χ4v) is 5.23. The molecular weight excluding hydrogens is 438 g/mol. The van der Waals surface area contributed by atoms with Crippen molar-refractivity contribution in [1.82, 2.24) is 15.5 Å². The number of hydrogen-bond acceptors (Lipinski definition) is 4. The SMILES string of the molecule is CCCCCCCCCCCc1noc(-c2ccc(C[N]Cc3csc4ccccc34)cc2)n1. The van der Waals surface area contributed by atoms with E-state index in [2.05, 4.69) is 71.0 Å². The van der Waals surface area contributed by atoms with Gasteiger partial charge in [0.2, 0.25) is 0 Å². The van der Waals surface area contributed by atoms with Crippen LogP contribution in [-0.4, -0.2) is 10.1 Å². The summed E-state index contributed by atoms with van der Waals surface area (Å²) in [4.78, 5) is 4.60. The fraction of sp³-hybridized carbons (Fsp3) is 0.448. The van der Waals surface area contributed by atoms with Crippen LogP contribution in [0, 0.1) is 0 Å². The number of fused-ring (bicyclic) bond motifs is 1. The molecule has 1 radical (unpaired) electrons. The quantitative estimate of drug-likeness (QED) is 0.163. The zero-order chi connectivity index (χ0) is 23.4. The number of rotatable bonds is 15. The van der Waals surface area contributed by atoms with Crippen molar-refractivity contribution in [2.45, 2.75) is 84.2 Å². The molecule has 0 bridgehead atoms. The van der Waals surface area contributed by atoms with Gasteiger partial charge in [-0.05, 0) is 46.5 Å². The molecule has 179 valence electrons. The number of thiophene rings is 1. The second-order valence-electron chi connectivity index (χ2n) is 9.09. The Balaban J connectivity index is 1.16. The van der Waals surface area contributed by atoms with E-state index in [-0.39, 0.29) is 0 Å². The number of hydrogen-bond donors (Lipinski definition) is 0. The van der Waals surface area contributed by atoms with E-state index in [1.807, 2.05) is 0 Å². The molecule has 34 heavy (non-hydrogen) atoms. The van der Waals surface area contributed by atoms with Crippen LogP contribution >= 0.6 is 11.3 Å². The van der Waals surface area contributed by atoms with Crippen LogP contribution < -0.4 is 5.32 Å². The van der Waals surface area contributed by atoms with Crippen molar-refractivity contribution in [3.8, 4) is 11.5 Å². The smallest absolute Gasteiger partial charge is 0.257 e. The highest BCUT2D eigenvalue weighted by molar-refractivity contribution is 7.17. The maximum atomic E-state index is 5.51. The highest BCUT2D eigenvalue weighted by Gasteiger charge is 2.09. The number of benzene rings is 2. The van der Waals surface area contributed by atoms with Crippen LogP contribution in [0.1, 0.15) is 81.7 Å². The third-order valence-electron chi connectivity index (χ3n) is 6.31. The van der Waals surface area contributed by atoms with Crippen LogP contribution in [0.2, 0.25) is 0 Å². The van der Waals surface area contributed by atoms with E-state index in [0.29, 0.717) is 12.4 Å². The summed E-state index contributed by atoms with van der Waals surface area (Å²) in [6, 6.07) is 16.9. The van der Waals surface area contributed by atoms with Crippen molar-refractivity contribution in [2.75, 3.05) is 0 Å². The topological polar surface area (TPSA) is 53.0 Å². The number of unbranched alkanes of at least 4 members (excludes halogenated alkanes) is 8. The molecule has 4 aromatic rings. The Morgan fingerprint density at radius 2 is 1.56 bits per heavy atom. The predicted molar refractivity (Wildman–Crippen MR) is 142 cm³/mol. The summed E-state index contributed by atoms with van der Waals surface area (Å²) in [5, 5.41) is 12.5. The molecule has 0 aliphatic rings. The van der Waals surface area contributed by atoms with Gasteiger partial charge < -0.3 is 4.52 Å². The molecule has 0 amide bonds. The third kappa shape index (κ3) is 7.25. The molecule has 2 aromatic heterocycles. The second-order valence-corrected chi connectivity index (χ2v) is 10.00. The Labute approximate surface area is 207 Å². The minimum atomic E-state index is 0.610. The Bertz CT molecular complexity index is 1120. The maximum absolute atomic E-state index is 5.51. The van der Waals surface area contributed by atoms with Gasteiger partial charge in [0.15, 0.2) is 5.82 Å². The lowest BCUT2D eigenvalue weighted by Gasteiger charge is -2.03. The zero-order valence-electron chi connectivity index (χ0n) is 20.3. The normalized spacial score (nSPS) is 11.4. The van der Waals surface area contributed by atoms with Gasteiger partial charge in [-0.25, -0.2) is 5.32 Å². The van der Waals surface area contributed by atoms with Gasteiger partial charge in [0.1, 0.15) is 0 Å². The van der Waals surface area contributed by atoms with Crippen molar-refractivity contribution < 1.29 is 4.52 Å². The molecular formula is C29H36N3OS. The van der Waals surface area contributed by atoms with Crippen molar-refractivity contribution in [3.05, 3.63) is 70.9 Å². The van der Waals surface area contributed by atoms with Gasteiger partial charge in [0, 0.05) is 29.8 Å². The average molecular weight is 475 g/mol. The summed E-state index contributed by atoms with van der Waals surface area (Å²) >= 11 is 1.79. The molecule has 0 spiro atoms. The first kappa shape index (κ1) is 24.6. The average Bonchev–Trinajstić information content (AvgIpc) is 3.51. The van der Waals surface area contributed by atoms with Gasteiger partial charge in [-0.15, -0.1) is 11.3 Å². The van der Waals surface area contributed by atoms with Crippen LogP contribution in [0.3, 0.4) is 0 Å². The first-order valence-electron chi connectivity index (χ1n) is 12.8. The van der Waals surface area contributed by atoms with Gasteiger partial charge in [0.05, 0.1) is 0 Å². The maximum Gasteiger partial charge on any atom is 0.257 e. The lowest BCUT2D eigenvalue weighted by Crippen LogP contribution is -2.04. The van der Waals surface area contributed by atoms with Crippen molar-refractivity contribution in [3.63, 3.8) is 0 Å². The molecule has 0 aliphatic carbocycles. The van der Waals surface area contributed by atoms with Crippen molar-refractivity contribution >= 4 is 21.4 Å². The predicted octanol–water partition coefficient (Wildman–Crippen LogP) is 8.33. The van der Waals surface area contributed by atoms with Crippen LogP contribution in [0.5, 0.6) is 0 Å². The Morgan fingerprint density at radius 1 is 0.824 bits per heavy atom. The Kier molecular flexibility index (Phi) is 9.71. The fourth-order valence-electron chi connectivity index (χ4n) is 4.28. The van der Waals surface area contributed by atoms with Crippen LogP contribution in [0.15, 0.2) is 58.4 Å². The minimum absolute atomic E-state index is 0.610. The van der Waals surface area contributed by atoms with E-state index >= 15 is 0 Å². The molecule has 0 saturated heterocycles. The van der Waals surface area contributed by atoms with E-state index < -0.39 is 0 Å². The molecule has 0 N–H and O–H groups in total. The zero-order valence-corrected chi connectivity index (χ0v) is 21.2. The van der Waals surface area contributed by atoms with Gasteiger partial charge in [-0.3, -0.25) is 0 Å². The molecule has 2 aromatic carbocycles. The molecule has 0 atom stereocenters. The largest absolute Gasteiger partial charge is 0.334 e. The molecule has 0 saturated carbocycles. The van der Waals surface area contributed by atoms with Gasteiger partial charge >= 0.3 is 0 Å². The summed E-state index contributed by atoms with van der Waals surface area (Å²) in [5.74, 6) is 1.43. The summed E-state index contributed by atoms with van der Waals surface area (Å²) in [6.07, 6.45) is 12.8. The van der Waals surface area contributed by atoms with Crippen molar-refractivity contribution in [1.29, 1.82) is 0 Å². The van der Waals surface area contributed by atoms with E-state index in [9.17, 15) is 0 Å². The first-order chi connectivity index (χ1) is 16.8. The Morgan fingerprint density at radius 3 is 2.35 bits per heavy atom. The van der Waals surface area contributed by atoms with Gasteiger partial charge in [-0.2, -0.15) is 4.98 Å². The molecule has 0 aliphatic heterocycles. The van der Waals surface area contributed by atoms with Crippen LogP contribution in [0.4, 0.5) is 0 Å². The Hall–Kier alpha value is -2.50. The van der Waals surface area contributed by atoms with Gasteiger partial charge in [-0.1, -0.05) is 93.8 Å². The molecule has 2 heterocycles. The van der Waals surface area contributed by atoms with E-state index in [4.69, 9.17) is 9.84 Å². The number of nitrogens with zero attached hydrogens (tertiary/aromatic N) is 3. The highest BCUT2D eigenvalue weighted by Crippen LogP contribution is 2.26. The van der Waals surface area contributed by atoms with E-state index in [1.54, 1.807) is 11.3 Å². The van der Waals surface area contributed by atoms with Gasteiger partial charge in [0.25, 0.3) is 5.89 Å². The summed E-state index contributed by atoms with van der Waals surface area (Å²) in [5.41, 5.74) is 3.47. The summed E-state index contributed by atoms with van der Waals surface area (Å²) < 4.78 is 6.84. The monoisotopic (exact) mass is 474 g/mol. The van der Waals surface area contributed by atoms with Crippen molar-refractivity contribution in [2.24, 2.45) is 0 Å². The third-order valence-corrected chi connectivity index (χ3v) is 7.32. The van der Waals surface area contributed by atoms with E-state index in [0.717, 1.165) is 30.8 Å². The molecule has 4 nitrogen and oxygen atoms in total. The molecule has 5 heteroatoms. The van der Waals surface area contributed by atoms with Crippen LogP contribution in [0.25, 0.3) is 21.5 Å². The minimum Gasteiger partial charge on any atom is -0.334 e. The lowest BCUT2D eigenvalue weighted by atomic mass is 10.1. The molecule has 0 unspecified atom stereocenters. The first-order valence-corrected chi connectivity index (χ1v) is 13.7. The number of aryl methyl sites for hydroxylation is 1.